The summed E-state index contributed by atoms with van der Waals surface area (Å²) in [5.41, 5.74) is 7.74. The Morgan fingerprint density at radius 3 is 2.23 bits per heavy atom. The second-order valence-electron chi connectivity index (χ2n) is 13.7. The lowest BCUT2D eigenvalue weighted by atomic mass is 9.66. The van der Waals surface area contributed by atoms with Crippen LogP contribution in [0.2, 0.25) is 0 Å². The van der Waals surface area contributed by atoms with E-state index in [9.17, 15) is 0 Å². The molecule has 4 saturated carbocycles. The van der Waals surface area contributed by atoms with Crippen LogP contribution in [0.1, 0.15) is 137 Å². The molecule has 1 nitrogen and oxygen atoms in total. The van der Waals surface area contributed by atoms with Crippen molar-refractivity contribution in [3.8, 4) is 0 Å². The van der Waals surface area contributed by atoms with Gasteiger partial charge in [-0.25, -0.2) is 0 Å². The van der Waals surface area contributed by atoms with Crippen LogP contribution in [0.15, 0.2) is 0 Å². The van der Waals surface area contributed by atoms with Crippen molar-refractivity contribution in [3.05, 3.63) is 0 Å². The highest BCUT2D eigenvalue weighted by molar-refractivity contribution is 5.07. The van der Waals surface area contributed by atoms with Gasteiger partial charge in [-0.15, -0.1) is 0 Å². The maximum atomic E-state index is 7.01. The van der Waals surface area contributed by atoms with E-state index in [1.807, 2.05) is 0 Å². The van der Waals surface area contributed by atoms with Crippen molar-refractivity contribution in [1.82, 2.24) is 0 Å². The lowest BCUT2D eigenvalue weighted by molar-refractivity contribution is 0.118. The van der Waals surface area contributed by atoms with Gasteiger partial charge < -0.3 is 5.73 Å². The quantitative estimate of drug-likeness (QED) is 0.409. The van der Waals surface area contributed by atoms with E-state index in [0.717, 1.165) is 41.4 Å². The highest BCUT2D eigenvalue weighted by Gasteiger charge is 2.57. The van der Waals surface area contributed by atoms with Gasteiger partial charge >= 0.3 is 0 Å². The molecule has 1 spiro atoms. The summed E-state index contributed by atoms with van der Waals surface area (Å²) in [5.74, 6) is 6.62. The summed E-state index contributed by atoms with van der Waals surface area (Å²) < 4.78 is 0. The summed E-state index contributed by atoms with van der Waals surface area (Å²) in [4.78, 5) is 0. The molecule has 0 aromatic carbocycles. The maximum Gasteiger partial charge on any atom is 0.0128 e. The summed E-state index contributed by atoms with van der Waals surface area (Å²) in [6.07, 6.45) is 24.7. The molecule has 4 bridgehead atoms. The number of rotatable bonds is 0. The molecule has 0 aliphatic heterocycles. The molecule has 0 saturated heterocycles. The van der Waals surface area contributed by atoms with Crippen LogP contribution >= 0.6 is 0 Å². The van der Waals surface area contributed by atoms with Crippen molar-refractivity contribution in [3.63, 3.8) is 0 Å². The highest BCUT2D eigenvalue weighted by Crippen LogP contribution is 2.66. The van der Waals surface area contributed by atoms with Gasteiger partial charge in [0.05, 0.1) is 0 Å². The number of hydrogen-bond donors (Lipinski definition) is 1. The molecule has 2 N–H and O–H groups in total. The van der Waals surface area contributed by atoms with Gasteiger partial charge in [0.1, 0.15) is 0 Å². The van der Waals surface area contributed by atoms with Crippen molar-refractivity contribution in [2.45, 2.75) is 142 Å². The molecular weight excluding hydrogens is 374 g/mol. The number of fused-ring (bicyclic) bond motifs is 6. The highest BCUT2D eigenvalue weighted by atomic mass is 14.7. The Morgan fingerprint density at radius 1 is 0.645 bits per heavy atom. The predicted molar refractivity (Wildman–Crippen MR) is 135 cm³/mol. The molecule has 0 radical (unpaired) electrons. The maximum absolute atomic E-state index is 7.01. The molecule has 1 heteroatoms. The molecule has 0 heterocycles. The van der Waals surface area contributed by atoms with Crippen LogP contribution < -0.4 is 5.73 Å². The van der Waals surface area contributed by atoms with Gasteiger partial charge in [-0.05, 0) is 98.7 Å². The summed E-state index contributed by atoms with van der Waals surface area (Å²) in [6, 6.07) is 0. The Morgan fingerprint density at radius 2 is 1.39 bits per heavy atom. The van der Waals surface area contributed by atoms with Crippen LogP contribution in [-0.2, 0) is 0 Å². The summed E-state index contributed by atoms with van der Waals surface area (Å²) in [5, 5.41) is 0. The molecule has 9 unspecified atom stereocenters. The van der Waals surface area contributed by atoms with Gasteiger partial charge in [-0.2, -0.15) is 0 Å². The molecule has 4 fully saturated rings. The first kappa shape index (κ1) is 24.1. The Hall–Kier alpha value is -0.0400. The van der Waals surface area contributed by atoms with Crippen LogP contribution in [0.3, 0.4) is 0 Å². The third kappa shape index (κ3) is 5.91. The van der Waals surface area contributed by atoms with Gasteiger partial charge in [0.2, 0.25) is 0 Å². The first-order valence-corrected chi connectivity index (χ1v) is 14.6. The Labute approximate surface area is 195 Å². The van der Waals surface area contributed by atoms with Gasteiger partial charge in [-0.1, -0.05) is 85.0 Å². The lowest BCUT2D eigenvalue weighted by Crippen LogP contribution is -2.41. The Balaban J connectivity index is 1.66. The van der Waals surface area contributed by atoms with Crippen molar-refractivity contribution in [2.24, 2.45) is 52.6 Å². The summed E-state index contributed by atoms with van der Waals surface area (Å²) >= 11 is 0. The van der Waals surface area contributed by atoms with Crippen molar-refractivity contribution >= 4 is 0 Å². The second kappa shape index (κ2) is 10.1. The second-order valence-corrected chi connectivity index (χ2v) is 13.7. The van der Waals surface area contributed by atoms with Crippen LogP contribution in [-0.4, -0.2) is 5.54 Å². The molecule has 180 valence electrons. The molecule has 4 rings (SSSR count). The van der Waals surface area contributed by atoms with Crippen LogP contribution in [0, 0.1) is 46.8 Å². The standard InChI is InChI=1S/C30H55N/c1-22-10-5-6-11-23(2)25-13-9-14-26(18-22)27-19-29(4,31)17-8-7-12-24(3)30(20-27)21-28(30)16-15-25/h22-28H,5-21,31H2,1-4H3. The molecule has 0 aromatic heterocycles. The van der Waals surface area contributed by atoms with E-state index in [0.29, 0.717) is 5.41 Å². The first-order chi connectivity index (χ1) is 14.8. The molecule has 9 atom stereocenters. The van der Waals surface area contributed by atoms with E-state index in [1.54, 1.807) is 6.42 Å². The molecule has 4 aliphatic rings. The van der Waals surface area contributed by atoms with E-state index < -0.39 is 0 Å². The summed E-state index contributed by atoms with van der Waals surface area (Å²) in [7, 11) is 0. The molecule has 31 heavy (non-hydrogen) atoms. The van der Waals surface area contributed by atoms with Crippen LogP contribution in [0.4, 0.5) is 0 Å². The minimum atomic E-state index is 0.0565. The topological polar surface area (TPSA) is 26.0 Å². The van der Waals surface area contributed by atoms with Crippen molar-refractivity contribution in [1.29, 1.82) is 0 Å². The first-order valence-electron chi connectivity index (χ1n) is 14.6. The van der Waals surface area contributed by atoms with E-state index >= 15 is 0 Å². The molecule has 0 amide bonds. The Kier molecular flexibility index (Phi) is 7.82. The lowest BCUT2D eigenvalue weighted by Gasteiger charge is -2.40. The van der Waals surface area contributed by atoms with Crippen LogP contribution in [0.5, 0.6) is 0 Å². The molecule has 0 aromatic rings. The normalized spacial score (nSPS) is 50.4. The average Bonchev–Trinajstić information content (AvgIpc) is 3.41. The molecule has 4 aliphatic carbocycles. The van der Waals surface area contributed by atoms with Gasteiger partial charge in [0.15, 0.2) is 0 Å². The fraction of sp³-hybridized carbons (Fsp3) is 1.00. The smallest absolute Gasteiger partial charge is 0.0128 e. The van der Waals surface area contributed by atoms with E-state index in [1.165, 1.54) is 103 Å². The van der Waals surface area contributed by atoms with E-state index in [2.05, 4.69) is 27.7 Å². The fourth-order valence-electron chi connectivity index (χ4n) is 8.85. The van der Waals surface area contributed by atoms with Gasteiger partial charge in [0, 0.05) is 5.54 Å². The average molecular weight is 430 g/mol. The van der Waals surface area contributed by atoms with Crippen molar-refractivity contribution in [2.75, 3.05) is 0 Å². The fourth-order valence-corrected chi connectivity index (χ4v) is 8.85. The van der Waals surface area contributed by atoms with Crippen molar-refractivity contribution < 1.29 is 0 Å². The largest absolute Gasteiger partial charge is 0.325 e. The number of nitrogens with two attached hydrogens (primary N) is 1. The zero-order valence-corrected chi connectivity index (χ0v) is 21.6. The zero-order valence-electron chi connectivity index (χ0n) is 21.6. The van der Waals surface area contributed by atoms with Gasteiger partial charge in [0.25, 0.3) is 0 Å². The summed E-state index contributed by atoms with van der Waals surface area (Å²) in [6.45, 7) is 10.2. The third-order valence-corrected chi connectivity index (χ3v) is 11.1. The minimum absolute atomic E-state index is 0.0565. The predicted octanol–water partition coefficient (Wildman–Crippen LogP) is 8.75. The minimum Gasteiger partial charge on any atom is -0.325 e. The van der Waals surface area contributed by atoms with Gasteiger partial charge in [-0.3, -0.25) is 0 Å². The molecular formula is C30H55N. The monoisotopic (exact) mass is 429 g/mol. The third-order valence-electron chi connectivity index (χ3n) is 11.1. The Bertz CT molecular complexity index is 567. The number of hydrogen-bond acceptors (Lipinski definition) is 1. The van der Waals surface area contributed by atoms with Crippen LogP contribution in [0.25, 0.3) is 0 Å². The zero-order chi connectivity index (χ0) is 22.1. The van der Waals surface area contributed by atoms with E-state index in [4.69, 9.17) is 5.73 Å². The van der Waals surface area contributed by atoms with E-state index in [-0.39, 0.29) is 5.54 Å². The SMILES string of the molecule is CC1CCCCC(C)C2CCCC(C1)C1CC(C)(N)CCCCC(C)C3(C1)CC3CC2.